The van der Waals surface area contributed by atoms with Crippen LogP contribution in [0, 0.1) is 19.8 Å². The predicted molar refractivity (Wildman–Crippen MR) is 123 cm³/mol. The summed E-state index contributed by atoms with van der Waals surface area (Å²) < 4.78 is 6.31. The molecule has 0 amide bonds. The van der Waals surface area contributed by atoms with Gasteiger partial charge < -0.3 is 9.84 Å². The van der Waals surface area contributed by atoms with E-state index in [1.807, 2.05) is 31.2 Å². The maximum Gasteiger partial charge on any atom is 0.303 e. The Balaban J connectivity index is 1.84. The van der Waals surface area contributed by atoms with Crippen molar-refractivity contribution in [2.75, 3.05) is 6.61 Å². The lowest BCUT2D eigenvalue weighted by Crippen LogP contribution is -2.15. The van der Waals surface area contributed by atoms with Gasteiger partial charge in [-0.2, -0.15) is 0 Å². The molecule has 0 saturated carbocycles. The van der Waals surface area contributed by atoms with E-state index in [-0.39, 0.29) is 6.42 Å². The van der Waals surface area contributed by atoms with Crippen LogP contribution < -0.4 is 4.74 Å². The number of benzene rings is 2. The molecule has 0 fully saturated rings. The molecule has 0 heterocycles. The highest BCUT2D eigenvalue weighted by Crippen LogP contribution is 2.39. The van der Waals surface area contributed by atoms with Crippen molar-refractivity contribution in [3.8, 4) is 5.75 Å². The summed E-state index contributed by atoms with van der Waals surface area (Å²) in [5.74, 6) is 0.671. The zero-order chi connectivity index (χ0) is 21.7. The van der Waals surface area contributed by atoms with E-state index < -0.39 is 5.97 Å². The minimum absolute atomic E-state index is 0.149. The molecule has 1 aliphatic carbocycles. The van der Waals surface area contributed by atoms with Crippen LogP contribution in [0.2, 0.25) is 5.02 Å². The monoisotopic (exact) mass is 426 g/mol. The average molecular weight is 427 g/mol. The lowest BCUT2D eigenvalue weighted by molar-refractivity contribution is -0.136. The topological polar surface area (TPSA) is 46.5 Å². The lowest BCUT2D eigenvalue weighted by Gasteiger charge is -2.29. The van der Waals surface area contributed by atoms with Crippen LogP contribution in [0.15, 0.2) is 42.0 Å². The Morgan fingerprint density at radius 1 is 1.13 bits per heavy atom. The third-order valence-corrected chi connectivity index (χ3v) is 6.58. The Morgan fingerprint density at radius 2 is 1.87 bits per heavy atom. The van der Waals surface area contributed by atoms with Gasteiger partial charge in [0.2, 0.25) is 0 Å². The standard InChI is InChI=1S/C26H31ClO3/c1-4-19-6-5-7-22(26(19)21-8-12-23(27)13-9-21)16-30-24-14-10-20(11-15-25(28)29)17(2)18(24)3/h8-10,12-14,19H,4-7,11,15-16H2,1-3H3,(H,28,29). The second-order valence-corrected chi connectivity index (χ2v) is 8.61. The first kappa shape index (κ1) is 22.4. The number of rotatable bonds is 8. The molecule has 160 valence electrons. The summed E-state index contributed by atoms with van der Waals surface area (Å²) in [5, 5.41) is 9.72. The fourth-order valence-corrected chi connectivity index (χ4v) is 4.57. The van der Waals surface area contributed by atoms with Crippen LogP contribution in [-0.4, -0.2) is 17.7 Å². The van der Waals surface area contributed by atoms with E-state index in [1.165, 1.54) is 29.6 Å². The van der Waals surface area contributed by atoms with E-state index in [9.17, 15) is 4.79 Å². The van der Waals surface area contributed by atoms with E-state index in [0.29, 0.717) is 18.9 Å². The molecule has 2 aromatic rings. The summed E-state index contributed by atoms with van der Waals surface area (Å²) in [4.78, 5) is 10.9. The summed E-state index contributed by atoms with van der Waals surface area (Å²) in [6, 6.07) is 12.2. The molecule has 0 bridgehead atoms. The fraction of sp³-hybridized carbons (Fsp3) is 0.423. The molecule has 0 radical (unpaired) electrons. The Bertz CT molecular complexity index is 928. The number of halogens is 1. The Morgan fingerprint density at radius 3 is 2.53 bits per heavy atom. The van der Waals surface area contributed by atoms with Crippen LogP contribution >= 0.6 is 11.6 Å². The molecule has 30 heavy (non-hydrogen) atoms. The first-order valence-electron chi connectivity index (χ1n) is 10.8. The van der Waals surface area contributed by atoms with Crippen LogP contribution in [0.4, 0.5) is 0 Å². The summed E-state index contributed by atoms with van der Waals surface area (Å²) >= 11 is 6.11. The van der Waals surface area contributed by atoms with Gasteiger partial charge in [0.15, 0.2) is 0 Å². The normalized spacial score (nSPS) is 16.6. The maximum absolute atomic E-state index is 10.9. The summed E-state index contributed by atoms with van der Waals surface area (Å²) in [5.41, 5.74) is 7.34. The zero-order valence-corrected chi connectivity index (χ0v) is 18.9. The van der Waals surface area contributed by atoms with E-state index >= 15 is 0 Å². The molecule has 0 aliphatic heterocycles. The van der Waals surface area contributed by atoms with Gasteiger partial charge in [-0.1, -0.05) is 36.7 Å². The quantitative estimate of drug-likeness (QED) is 0.493. The number of aliphatic carboxylic acids is 1. The number of carboxylic acids is 1. The molecule has 1 unspecified atom stereocenters. The SMILES string of the molecule is CCC1CCCC(COc2ccc(CCC(=O)O)c(C)c2C)=C1c1ccc(Cl)cc1. The molecule has 0 spiro atoms. The highest BCUT2D eigenvalue weighted by Gasteiger charge is 2.23. The van der Waals surface area contributed by atoms with Crippen molar-refractivity contribution in [1.82, 2.24) is 0 Å². The molecular formula is C26H31ClO3. The molecular weight excluding hydrogens is 396 g/mol. The number of carboxylic acid groups (broad SMARTS) is 1. The fourth-order valence-electron chi connectivity index (χ4n) is 4.44. The van der Waals surface area contributed by atoms with Gasteiger partial charge >= 0.3 is 5.97 Å². The van der Waals surface area contributed by atoms with Gasteiger partial charge in [0.25, 0.3) is 0 Å². The van der Waals surface area contributed by atoms with E-state index in [2.05, 4.69) is 26.0 Å². The van der Waals surface area contributed by atoms with Crippen molar-refractivity contribution >= 4 is 23.1 Å². The van der Waals surface area contributed by atoms with E-state index in [4.69, 9.17) is 21.4 Å². The van der Waals surface area contributed by atoms with Crippen molar-refractivity contribution in [2.24, 2.45) is 5.92 Å². The summed E-state index contributed by atoms with van der Waals surface area (Å²) in [6.07, 6.45) is 5.29. The molecule has 0 aromatic heterocycles. The molecule has 3 rings (SSSR count). The van der Waals surface area contributed by atoms with Gasteiger partial charge in [-0.15, -0.1) is 0 Å². The number of hydrogen-bond donors (Lipinski definition) is 1. The third-order valence-electron chi connectivity index (χ3n) is 6.33. The number of carbonyl (C=O) groups is 1. The van der Waals surface area contributed by atoms with Gasteiger partial charge in [0, 0.05) is 11.4 Å². The van der Waals surface area contributed by atoms with Crippen molar-refractivity contribution in [1.29, 1.82) is 0 Å². The minimum atomic E-state index is -0.767. The largest absolute Gasteiger partial charge is 0.489 e. The molecule has 4 heteroatoms. The van der Waals surface area contributed by atoms with Crippen molar-refractivity contribution in [2.45, 2.75) is 59.3 Å². The summed E-state index contributed by atoms with van der Waals surface area (Å²) in [7, 11) is 0. The average Bonchev–Trinajstić information content (AvgIpc) is 2.74. The summed E-state index contributed by atoms with van der Waals surface area (Å²) in [6.45, 7) is 6.95. The maximum atomic E-state index is 10.9. The second kappa shape index (κ2) is 10.2. The van der Waals surface area contributed by atoms with Crippen molar-refractivity contribution < 1.29 is 14.6 Å². The highest BCUT2D eigenvalue weighted by molar-refractivity contribution is 6.30. The minimum Gasteiger partial charge on any atom is -0.489 e. The van der Waals surface area contributed by atoms with Gasteiger partial charge in [-0.3, -0.25) is 4.79 Å². The number of ether oxygens (including phenoxy) is 1. The molecule has 1 atom stereocenters. The van der Waals surface area contributed by atoms with Gasteiger partial charge in [0.05, 0.1) is 0 Å². The number of hydrogen-bond acceptors (Lipinski definition) is 2. The van der Waals surface area contributed by atoms with E-state index in [1.54, 1.807) is 0 Å². The number of allylic oxidation sites excluding steroid dienone is 1. The Hall–Kier alpha value is -2.26. The zero-order valence-electron chi connectivity index (χ0n) is 18.1. The van der Waals surface area contributed by atoms with Crippen LogP contribution in [-0.2, 0) is 11.2 Å². The molecule has 2 aromatic carbocycles. The first-order valence-corrected chi connectivity index (χ1v) is 11.2. The van der Waals surface area contributed by atoms with Crippen LogP contribution in [0.3, 0.4) is 0 Å². The first-order chi connectivity index (χ1) is 14.4. The molecule has 3 nitrogen and oxygen atoms in total. The second-order valence-electron chi connectivity index (χ2n) is 8.18. The molecule has 1 N–H and O–H groups in total. The Kier molecular flexibility index (Phi) is 7.60. The van der Waals surface area contributed by atoms with Gasteiger partial charge in [-0.05, 0) is 103 Å². The lowest BCUT2D eigenvalue weighted by atomic mass is 9.78. The highest BCUT2D eigenvalue weighted by atomic mass is 35.5. The van der Waals surface area contributed by atoms with Crippen molar-refractivity contribution in [3.05, 3.63) is 69.2 Å². The number of aryl methyl sites for hydroxylation is 1. The van der Waals surface area contributed by atoms with Gasteiger partial charge in [0.1, 0.15) is 12.4 Å². The van der Waals surface area contributed by atoms with Gasteiger partial charge in [-0.25, -0.2) is 0 Å². The van der Waals surface area contributed by atoms with Crippen LogP contribution in [0.5, 0.6) is 5.75 Å². The molecule has 1 aliphatic rings. The Labute approximate surface area is 184 Å². The van der Waals surface area contributed by atoms with Crippen molar-refractivity contribution in [3.63, 3.8) is 0 Å². The van der Waals surface area contributed by atoms with Crippen LogP contribution in [0.25, 0.3) is 5.57 Å². The predicted octanol–water partition coefficient (Wildman–Crippen LogP) is 7.02. The van der Waals surface area contributed by atoms with E-state index in [0.717, 1.165) is 40.3 Å². The van der Waals surface area contributed by atoms with Crippen LogP contribution in [0.1, 0.15) is 61.3 Å². The molecule has 0 saturated heterocycles. The smallest absolute Gasteiger partial charge is 0.303 e. The third kappa shape index (κ3) is 5.26.